The average molecular weight is 394 g/mol. The number of phenols is 1. The first-order valence-electron chi connectivity index (χ1n) is 10.2. The maximum Gasteiger partial charge on any atom is 0.259 e. The molecule has 2 amide bonds. The van der Waals surface area contributed by atoms with Crippen LogP contribution in [0.3, 0.4) is 0 Å². The summed E-state index contributed by atoms with van der Waals surface area (Å²) >= 11 is 0. The molecule has 0 radical (unpaired) electrons. The average Bonchev–Trinajstić information content (AvgIpc) is 2.76. The van der Waals surface area contributed by atoms with Crippen molar-refractivity contribution in [3.05, 3.63) is 58.1 Å². The van der Waals surface area contributed by atoms with Gasteiger partial charge in [-0.2, -0.15) is 0 Å². The van der Waals surface area contributed by atoms with Crippen molar-refractivity contribution in [2.24, 2.45) is 0 Å². The molecular formula is C23H26N2O4. The minimum atomic E-state index is -0.366. The fourth-order valence-electron chi connectivity index (χ4n) is 4.12. The first-order valence-corrected chi connectivity index (χ1v) is 10.2. The number of aryl methyl sites for hydroxylation is 1. The lowest BCUT2D eigenvalue weighted by Gasteiger charge is -2.27. The molecule has 2 aliphatic rings. The molecule has 2 aromatic rings. The predicted molar refractivity (Wildman–Crippen MR) is 111 cm³/mol. The first-order chi connectivity index (χ1) is 14.1. The number of carbonyl (C=O) groups excluding carboxylic acids is 2. The van der Waals surface area contributed by atoms with Gasteiger partial charge in [-0.25, -0.2) is 0 Å². The predicted octanol–water partition coefficient (Wildman–Crippen LogP) is 3.30. The number of phenolic OH excluding ortho intramolecular Hbond substituents is 1. The minimum Gasteiger partial charge on any atom is -0.507 e. The highest BCUT2D eigenvalue weighted by Gasteiger charge is 2.23. The van der Waals surface area contributed by atoms with E-state index in [-0.39, 0.29) is 23.1 Å². The Morgan fingerprint density at radius 3 is 2.59 bits per heavy atom. The topological polar surface area (TPSA) is 78.9 Å². The SMILES string of the molecule is Cc1c(NC(=O)c2ccc3c(c2O)CCCC3)cccc1C(=O)N1CCOCC1. The van der Waals surface area contributed by atoms with Crippen LogP contribution in [0.25, 0.3) is 0 Å². The zero-order valence-corrected chi connectivity index (χ0v) is 16.7. The molecule has 1 aliphatic carbocycles. The lowest BCUT2D eigenvalue weighted by atomic mass is 9.89. The quantitative estimate of drug-likeness (QED) is 0.837. The third-order valence-electron chi connectivity index (χ3n) is 5.86. The van der Waals surface area contributed by atoms with E-state index < -0.39 is 0 Å². The number of ether oxygens (including phenoxy) is 1. The number of anilines is 1. The van der Waals surface area contributed by atoms with Gasteiger partial charge in [0, 0.05) is 24.3 Å². The Morgan fingerprint density at radius 1 is 1.03 bits per heavy atom. The fraction of sp³-hybridized carbons (Fsp3) is 0.391. The Hall–Kier alpha value is -2.86. The van der Waals surface area contributed by atoms with Crippen LogP contribution in [-0.2, 0) is 17.6 Å². The highest BCUT2D eigenvalue weighted by atomic mass is 16.5. The second kappa shape index (κ2) is 8.25. The maximum absolute atomic E-state index is 12.9. The molecule has 0 saturated carbocycles. The molecule has 0 aromatic heterocycles. The van der Waals surface area contributed by atoms with Gasteiger partial charge in [-0.3, -0.25) is 9.59 Å². The van der Waals surface area contributed by atoms with Crippen molar-refractivity contribution in [1.82, 2.24) is 4.90 Å². The molecule has 6 nitrogen and oxygen atoms in total. The molecule has 1 saturated heterocycles. The molecule has 1 fully saturated rings. The number of nitrogens with one attached hydrogen (secondary N) is 1. The van der Waals surface area contributed by atoms with Crippen molar-refractivity contribution in [3.63, 3.8) is 0 Å². The van der Waals surface area contributed by atoms with E-state index in [1.165, 1.54) is 0 Å². The number of nitrogens with zero attached hydrogens (tertiary/aromatic N) is 1. The van der Waals surface area contributed by atoms with Crippen molar-refractivity contribution in [2.75, 3.05) is 31.6 Å². The second-order valence-electron chi connectivity index (χ2n) is 7.64. The number of carbonyl (C=O) groups is 2. The van der Waals surface area contributed by atoms with E-state index in [1.54, 1.807) is 29.2 Å². The second-order valence-corrected chi connectivity index (χ2v) is 7.64. The standard InChI is InChI=1S/C23H26N2O4/c1-15-17(23(28)25-11-13-29-14-12-25)7-4-8-20(15)24-22(27)19-10-9-16-5-2-3-6-18(16)21(19)26/h4,7-10,26H,2-3,5-6,11-14H2,1H3,(H,24,27). The van der Waals surface area contributed by atoms with Gasteiger partial charge in [-0.1, -0.05) is 12.1 Å². The maximum atomic E-state index is 12.9. The van der Waals surface area contributed by atoms with Crippen LogP contribution >= 0.6 is 0 Å². The number of hydrogen-bond acceptors (Lipinski definition) is 4. The van der Waals surface area contributed by atoms with Gasteiger partial charge < -0.3 is 20.1 Å². The monoisotopic (exact) mass is 394 g/mol. The summed E-state index contributed by atoms with van der Waals surface area (Å²) < 4.78 is 5.32. The smallest absolute Gasteiger partial charge is 0.259 e. The van der Waals surface area contributed by atoms with E-state index >= 15 is 0 Å². The summed E-state index contributed by atoms with van der Waals surface area (Å²) in [7, 11) is 0. The Morgan fingerprint density at radius 2 is 1.79 bits per heavy atom. The highest BCUT2D eigenvalue weighted by molar-refractivity contribution is 6.08. The lowest BCUT2D eigenvalue weighted by Crippen LogP contribution is -2.41. The Kier molecular flexibility index (Phi) is 5.53. The molecule has 1 heterocycles. The van der Waals surface area contributed by atoms with Crippen molar-refractivity contribution in [2.45, 2.75) is 32.6 Å². The van der Waals surface area contributed by atoms with Gasteiger partial charge in [0.2, 0.25) is 0 Å². The molecule has 152 valence electrons. The van der Waals surface area contributed by atoms with Crippen LogP contribution in [-0.4, -0.2) is 48.1 Å². The van der Waals surface area contributed by atoms with Gasteiger partial charge in [0.05, 0.1) is 18.8 Å². The molecule has 0 unspecified atom stereocenters. The zero-order chi connectivity index (χ0) is 20.4. The van der Waals surface area contributed by atoms with E-state index in [0.717, 1.165) is 42.4 Å². The molecule has 1 aliphatic heterocycles. The molecular weight excluding hydrogens is 368 g/mol. The van der Waals surface area contributed by atoms with Gasteiger partial charge >= 0.3 is 0 Å². The highest BCUT2D eigenvalue weighted by Crippen LogP contribution is 2.32. The normalized spacial score (nSPS) is 16.2. The number of benzene rings is 2. The number of morpholine rings is 1. The first kappa shape index (κ1) is 19.5. The molecule has 0 spiro atoms. The van der Waals surface area contributed by atoms with Gasteiger partial charge in [-0.15, -0.1) is 0 Å². The van der Waals surface area contributed by atoms with E-state index in [1.807, 2.05) is 13.0 Å². The third kappa shape index (κ3) is 3.85. The van der Waals surface area contributed by atoms with Crippen molar-refractivity contribution in [1.29, 1.82) is 0 Å². The summed E-state index contributed by atoms with van der Waals surface area (Å²) in [6, 6.07) is 8.95. The number of hydrogen-bond donors (Lipinski definition) is 2. The van der Waals surface area contributed by atoms with E-state index in [0.29, 0.717) is 37.6 Å². The number of aromatic hydroxyl groups is 1. The summed E-state index contributed by atoms with van der Waals surface area (Å²) in [6.45, 7) is 4.05. The summed E-state index contributed by atoms with van der Waals surface area (Å²) in [5, 5.41) is 13.5. The third-order valence-corrected chi connectivity index (χ3v) is 5.86. The van der Waals surface area contributed by atoms with Crippen LogP contribution in [0.15, 0.2) is 30.3 Å². The number of rotatable bonds is 3. The minimum absolute atomic E-state index is 0.0569. The fourth-order valence-corrected chi connectivity index (χ4v) is 4.12. The number of amides is 2. The van der Waals surface area contributed by atoms with Crippen molar-refractivity contribution < 1.29 is 19.4 Å². The van der Waals surface area contributed by atoms with Crippen LogP contribution in [0.1, 0.15) is 50.2 Å². The summed E-state index contributed by atoms with van der Waals surface area (Å²) in [6.07, 6.45) is 3.87. The van der Waals surface area contributed by atoms with Crippen LogP contribution in [0.5, 0.6) is 5.75 Å². The van der Waals surface area contributed by atoms with Gasteiger partial charge in [0.1, 0.15) is 5.75 Å². The molecule has 4 rings (SSSR count). The Balaban J connectivity index is 1.57. The summed E-state index contributed by atoms with van der Waals surface area (Å²) in [4.78, 5) is 27.5. The lowest BCUT2D eigenvalue weighted by molar-refractivity contribution is 0.0302. The molecule has 29 heavy (non-hydrogen) atoms. The van der Waals surface area contributed by atoms with Gasteiger partial charge in [0.15, 0.2) is 0 Å². The van der Waals surface area contributed by atoms with Crippen LogP contribution in [0.4, 0.5) is 5.69 Å². The Labute approximate surface area is 170 Å². The van der Waals surface area contributed by atoms with Crippen LogP contribution in [0, 0.1) is 6.92 Å². The van der Waals surface area contributed by atoms with Crippen LogP contribution in [0.2, 0.25) is 0 Å². The summed E-state index contributed by atoms with van der Waals surface area (Å²) in [5.74, 6) is -0.341. The number of fused-ring (bicyclic) bond motifs is 1. The van der Waals surface area contributed by atoms with Crippen LogP contribution < -0.4 is 5.32 Å². The van der Waals surface area contributed by atoms with E-state index in [2.05, 4.69) is 5.32 Å². The molecule has 2 N–H and O–H groups in total. The van der Waals surface area contributed by atoms with Gasteiger partial charge in [0.25, 0.3) is 11.8 Å². The zero-order valence-electron chi connectivity index (χ0n) is 16.7. The van der Waals surface area contributed by atoms with E-state index in [4.69, 9.17) is 4.74 Å². The van der Waals surface area contributed by atoms with Crippen molar-refractivity contribution in [3.8, 4) is 5.75 Å². The summed E-state index contributed by atoms with van der Waals surface area (Å²) in [5.41, 5.74) is 4.15. The molecule has 6 heteroatoms. The molecule has 0 atom stereocenters. The van der Waals surface area contributed by atoms with E-state index in [9.17, 15) is 14.7 Å². The Bertz CT molecular complexity index is 948. The van der Waals surface area contributed by atoms with Crippen molar-refractivity contribution >= 4 is 17.5 Å². The molecule has 2 aromatic carbocycles. The molecule has 0 bridgehead atoms. The largest absolute Gasteiger partial charge is 0.507 e. The van der Waals surface area contributed by atoms with Gasteiger partial charge in [-0.05, 0) is 67.5 Å².